The fraction of sp³-hybridized carbons (Fsp3) is 0.478. The molecule has 0 bridgehead atoms. The average molecular weight is 508 g/mol. The molecule has 1 saturated heterocycles. The number of rotatable bonds is 5. The lowest BCUT2D eigenvalue weighted by Gasteiger charge is -2.62. The summed E-state index contributed by atoms with van der Waals surface area (Å²) in [5.41, 5.74) is 2.66. The molecule has 1 aromatic heterocycles. The van der Waals surface area contributed by atoms with E-state index in [1.165, 1.54) is 0 Å². The van der Waals surface area contributed by atoms with Crippen molar-refractivity contribution in [3.05, 3.63) is 70.1 Å². The monoisotopic (exact) mass is 508 g/mol. The quantitative estimate of drug-likeness (QED) is 0.376. The van der Waals surface area contributed by atoms with Crippen LogP contribution in [0, 0.1) is 5.41 Å². The number of halogens is 1. The molecule has 5 nitrogen and oxygen atoms in total. The van der Waals surface area contributed by atoms with Gasteiger partial charge in [0.2, 0.25) is 0 Å². The van der Waals surface area contributed by atoms with Gasteiger partial charge in [0.15, 0.2) is 5.96 Å². The smallest absolute Gasteiger partial charge is 0.250 e. The first-order valence-electron chi connectivity index (χ1n) is 10.0. The van der Waals surface area contributed by atoms with Gasteiger partial charge in [0.05, 0.1) is 13.1 Å². The Labute approximate surface area is 191 Å². The highest BCUT2D eigenvalue weighted by Gasteiger charge is 2.53. The van der Waals surface area contributed by atoms with E-state index in [9.17, 15) is 4.79 Å². The number of guanidine groups is 1. The predicted octanol–water partition coefficient (Wildman–Crippen LogP) is 4.10. The standard InChI is InChI=1S/C23H32N4O.HI/c1-6-24-21(27-17-22(2,3)23(27,4)5)25-15-18-10-12-19(13-11-18)16-26-14-8-7-9-20(26)28;/h7-14H,6,15-17H2,1-5H3,(H,24,25);1H. The second kappa shape index (κ2) is 9.32. The molecule has 0 spiro atoms. The normalized spacial score (nSPS) is 17.3. The molecule has 1 fully saturated rings. The Bertz CT molecular complexity index is 900. The van der Waals surface area contributed by atoms with Gasteiger partial charge in [-0.3, -0.25) is 4.79 Å². The van der Waals surface area contributed by atoms with Gasteiger partial charge in [-0.1, -0.05) is 44.2 Å². The zero-order valence-corrected chi connectivity index (χ0v) is 20.4. The number of nitrogens with zero attached hydrogens (tertiary/aromatic N) is 3. The molecule has 1 aromatic carbocycles. The Balaban J connectivity index is 0.00000300. The molecule has 0 atom stereocenters. The number of benzene rings is 1. The predicted molar refractivity (Wildman–Crippen MR) is 131 cm³/mol. The maximum absolute atomic E-state index is 11.9. The molecule has 1 aliphatic heterocycles. The summed E-state index contributed by atoms with van der Waals surface area (Å²) in [6.07, 6.45) is 1.82. The Morgan fingerprint density at radius 3 is 2.28 bits per heavy atom. The van der Waals surface area contributed by atoms with Gasteiger partial charge >= 0.3 is 0 Å². The van der Waals surface area contributed by atoms with Crippen LogP contribution >= 0.6 is 24.0 Å². The van der Waals surface area contributed by atoms with Crippen LogP contribution < -0.4 is 10.9 Å². The minimum absolute atomic E-state index is 0. The molecule has 1 N–H and O–H groups in total. The van der Waals surface area contributed by atoms with Crippen molar-refractivity contribution < 1.29 is 0 Å². The number of hydrogen-bond acceptors (Lipinski definition) is 2. The van der Waals surface area contributed by atoms with Crippen molar-refractivity contribution in [3.8, 4) is 0 Å². The molecule has 158 valence electrons. The summed E-state index contributed by atoms with van der Waals surface area (Å²) in [5, 5.41) is 3.44. The number of pyridine rings is 1. The first kappa shape index (κ1) is 23.4. The zero-order chi connectivity index (χ0) is 20.4. The van der Waals surface area contributed by atoms with E-state index in [0.29, 0.717) is 13.1 Å². The minimum Gasteiger partial charge on any atom is -0.356 e. The third kappa shape index (κ3) is 5.02. The highest BCUT2D eigenvalue weighted by atomic mass is 127. The van der Waals surface area contributed by atoms with E-state index in [1.807, 2.05) is 12.3 Å². The van der Waals surface area contributed by atoms with Crippen molar-refractivity contribution in [3.63, 3.8) is 0 Å². The van der Waals surface area contributed by atoms with Crippen LogP contribution in [0.1, 0.15) is 45.7 Å². The molecule has 0 aliphatic carbocycles. The van der Waals surface area contributed by atoms with Gasteiger partial charge in [0.25, 0.3) is 5.56 Å². The summed E-state index contributed by atoms with van der Waals surface area (Å²) in [6.45, 7) is 14.4. The van der Waals surface area contributed by atoms with Crippen molar-refractivity contribution in [1.29, 1.82) is 0 Å². The van der Waals surface area contributed by atoms with Crippen LogP contribution in [0.15, 0.2) is 58.4 Å². The lowest BCUT2D eigenvalue weighted by atomic mass is 9.65. The van der Waals surface area contributed by atoms with Gasteiger partial charge in [0.1, 0.15) is 0 Å². The minimum atomic E-state index is 0. The first-order chi connectivity index (χ1) is 13.2. The van der Waals surface area contributed by atoms with Crippen molar-refractivity contribution in [1.82, 2.24) is 14.8 Å². The van der Waals surface area contributed by atoms with Crippen LogP contribution in [0.4, 0.5) is 0 Å². The zero-order valence-electron chi connectivity index (χ0n) is 18.1. The van der Waals surface area contributed by atoms with Crippen molar-refractivity contribution >= 4 is 29.9 Å². The number of hydrogen-bond donors (Lipinski definition) is 1. The summed E-state index contributed by atoms with van der Waals surface area (Å²) in [5.74, 6) is 0.978. The first-order valence-corrected chi connectivity index (χ1v) is 10.0. The van der Waals surface area contributed by atoms with Gasteiger partial charge in [-0.05, 0) is 38.0 Å². The summed E-state index contributed by atoms with van der Waals surface area (Å²) in [4.78, 5) is 19.1. The molecule has 6 heteroatoms. The second-order valence-corrected chi connectivity index (χ2v) is 8.68. The SMILES string of the molecule is CCNC(=NCc1ccc(Cn2ccccc2=O)cc1)N1CC(C)(C)C1(C)C.I. The molecule has 1 aliphatic rings. The molecule has 29 heavy (non-hydrogen) atoms. The molecule has 0 radical (unpaired) electrons. The topological polar surface area (TPSA) is 49.6 Å². The van der Waals surface area contributed by atoms with E-state index in [2.05, 4.69) is 69.1 Å². The van der Waals surface area contributed by atoms with Gasteiger partial charge in [-0.15, -0.1) is 24.0 Å². The van der Waals surface area contributed by atoms with E-state index >= 15 is 0 Å². The molecule has 2 aromatic rings. The van der Waals surface area contributed by atoms with Crippen molar-refractivity contribution in [2.75, 3.05) is 13.1 Å². The van der Waals surface area contributed by atoms with Crippen LogP contribution in [-0.4, -0.2) is 34.1 Å². The average Bonchev–Trinajstić information content (AvgIpc) is 2.66. The van der Waals surface area contributed by atoms with Gasteiger partial charge in [-0.2, -0.15) is 0 Å². The Hall–Kier alpha value is -1.83. The van der Waals surface area contributed by atoms with E-state index in [0.717, 1.165) is 30.2 Å². The largest absolute Gasteiger partial charge is 0.356 e. The van der Waals surface area contributed by atoms with E-state index in [-0.39, 0.29) is 40.5 Å². The highest BCUT2D eigenvalue weighted by Crippen LogP contribution is 2.46. The Kier molecular flexibility index (Phi) is 7.54. The van der Waals surface area contributed by atoms with Gasteiger partial charge in [0, 0.05) is 36.3 Å². The maximum Gasteiger partial charge on any atom is 0.250 e. The maximum atomic E-state index is 11.9. The van der Waals surface area contributed by atoms with Crippen molar-refractivity contribution in [2.24, 2.45) is 10.4 Å². The van der Waals surface area contributed by atoms with Crippen LogP contribution in [-0.2, 0) is 13.1 Å². The van der Waals surface area contributed by atoms with Crippen LogP contribution in [0.25, 0.3) is 0 Å². The van der Waals surface area contributed by atoms with Gasteiger partial charge < -0.3 is 14.8 Å². The fourth-order valence-electron chi connectivity index (χ4n) is 3.50. The lowest BCUT2D eigenvalue weighted by molar-refractivity contribution is -0.0667. The van der Waals surface area contributed by atoms with Crippen LogP contribution in [0.3, 0.4) is 0 Å². The number of nitrogens with one attached hydrogen (secondary N) is 1. The van der Waals surface area contributed by atoms with E-state index in [1.54, 1.807) is 16.7 Å². The molecule has 0 saturated carbocycles. The summed E-state index contributed by atoms with van der Waals surface area (Å²) in [6, 6.07) is 13.6. The molecular formula is C23H33IN4O. The molecule has 0 amide bonds. The Morgan fingerprint density at radius 1 is 1.07 bits per heavy atom. The summed E-state index contributed by atoms with van der Waals surface area (Å²) >= 11 is 0. The Morgan fingerprint density at radius 2 is 1.72 bits per heavy atom. The molecule has 0 unspecified atom stereocenters. The lowest BCUT2D eigenvalue weighted by Crippen LogP contribution is -2.72. The number of aromatic nitrogens is 1. The van der Waals surface area contributed by atoms with E-state index in [4.69, 9.17) is 4.99 Å². The fourth-order valence-corrected chi connectivity index (χ4v) is 3.50. The van der Waals surface area contributed by atoms with Gasteiger partial charge in [-0.25, -0.2) is 4.99 Å². The molecule has 3 rings (SSSR count). The van der Waals surface area contributed by atoms with Crippen molar-refractivity contribution in [2.45, 2.75) is 53.2 Å². The number of aliphatic imine (C=N–C) groups is 1. The molecule has 2 heterocycles. The molecular weight excluding hydrogens is 475 g/mol. The third-order valence-corrected chi connectivity index (χ3v) is 6.16. The van der Waals surface area contributed by atoms with E-state index < -0.39 is 0 Å². The summed E-state index contributed by atoms with van der Waals surface area (Å²) in [7, 11) is 0. The highest BCUT2D eigenvalue weighted by molar-refractivity contribution is 14.0. The second-order valence-electron chi connectivity index (χ2n) is 8.68. The number of likely N-dealkylation sites (tertiary alicyclic amines) is 1. The van der Waals surface area contributed by atoms with Crippen LogP contribution in [0.2, 0.25) is 0 Å². The third-order valence-electron chi connectivity index (χ3n) is 6.16. The summed E-state index contributed by atoms with van der Waals surface area (Å²) < 4.78 is 1.71. The van der Waals surface area contributed by atoms with Crippen LogP contribution in [0.5, 0.6) is 0 Å².